The molecular weight excluding hydrogens is 242 g/mol. The van der Waals surface area contributed by atoms with Crippen LogP contribution in [0.4, 0.5) is 0 Å². The number of carboxylic acid groups (broad SMARTS) is 1. The second-order valence-corrected chi connectivity index (χ2v) is 4.68. The Balaban J connectivity index is 1.99. The van der Waals surface area contributed by atoms with Crippen molar-refractivity contribution < 1.29 is 14.7 Å². The van der Waals surface area contributed by atoms with Crippen LogP contribution in [0.5, 0.6) is 0 Å². The van der Waals surface area contributed by atoms with Gasteiger partial charge in [0.25, 0.3) is 0 Å². The fourth-order valence-electron chi connectivity index (χ4n) is 2.36. The number of benzene rings is 1. The first-order chi connectivity index (χ1) is 9.16. The summed E-state index contributed by atoms with van der Waals surface area (Å²) in [4.78, 5) is 24.2. The van der Waals surface area contributed by atoms with Gasteiger partial charge in [-0.3, -0.25) is 4.79 Å². The molecule has 1 amide bonds. The number of amides is 1. The number of carbonyl (C=O) groups excluding carboxylic acids is 1. The van der Waals surface area contributed by atoms with E-state index in [0.29, 0.717) is 19.4 Å². The first kappa shape index (κ1) is 13.3. The Hall–Kier alpha value is -2.10. The molecule has 0 radical (unpaired) electrons. The van der Waals surface area contributed by atoms with Gasteiger partial charge in [-0.15, -0.1) is 0 Å². The fraction of sp³-hybridized carbons (Fsp3) is 0.333. The number of hydrogen-bond acceptors (Lipinski definition) is 2. The Labute approximate surface area is 112 Å². The molecule has 19 heavy (non-hydrogen) atoms. The predicted octanol–water partition coefficient (Wildman–Crippen LogP) is 2.21. The van der Waals surface area contributed by atoms with Gasteiger partial charge in [0.15, 0.2) is 0 Å². The number of likely N-dealkylation sites (tertiary alicyclic amines) is 1. The Morgan fingerprint density at radius 3 is 2.79 bits per heavy atom. The first-order valence-electron chi connectivity index (χ1n) is 6.39. The van der Waals surface area contributed by atoms with Crippen LogP contribution in [0, 0.1) is 0 Å². The number of hydrogen-bond donors (Lipinski definition) is 1. The van der Waals surface area contributed by atoms with Gasteiger partial charge in [-0.25, -0.2) is 4.79 Å². The van der Waals surface area contributed by atoms with Crippen LogP contribution >= 0.6 is 0 Å². The average molecular weight is 259 g/mol. The van der Waals surface area contributed by atoms with Crippen molar-refractivity contribution in [2.24, 2.45) is 0 Å². The van der Waals surface area contributed by atoms with Crippen LogP contribution in [0.15, 0.2) is 42.5 Å². The molecule has 0 saturated carbocycles. The van der Waals surface area contributed by atoms with Gasteiger partial charge < -0.3 is 10.0 Å². The lowest BCUT2D eigenvalue weighted by Gasteiger charge is -2.24. The Morgan fingerprint density at radius 2 is 2.11 bits per heavy atom. The van der Waals surface area contributed by atoms with Crippen molar-refractivity contribution in [3.63, 3.8) is 0 Å². The van der Waals surface area contributed by atoms with Gasteiger partial charge >= 0.3 is 5.97 Å². The molecule has 4 nitrogen and oxygen atoms in total. The highest BCUT2D eigenvalue weighted by Gasteiger charge is 2.29. The minimum Gasteiger partial charge on any atom is -0.478 e. The summed E-state index contributed by atoms with van der Waals surface area (Å²) in [6.07, 6.45) is 4.73. The molecule has 1 saturated heterocycles. The molecule has 1 fully saturated rings. The maximum atomic E-state index is 11.9. The van der Waals surface area contributed by atoms with Crippen LogP contribution in [0.3, 0.4) is 0 Å². The molecule has 0 aliphatic carbocycles. The maximum absolute atomic E-state index is 11.9. The first-order valence-corrected chi connectivity index (χ1v) is 6.39. The molecule has 0 aromatic heterocycles. The smallest absolute Gasteiger partial charge is 0.327 e. The molecule has 1 heterocycles. The monoisotopic (exact) mass is 259 g/mol. The summed E-state index contributed by atoms with van der Waals surface area (Å²) < 4.78 is 0. The molecule has 1 atom stereocenters. The lowest BCUT2D eigenvalue weighted by atomic mass is 10.1. The van der Waals surface area contributed by atoms with E-state index in [1.807, 2.05) is 35.2 Å². The van der Waals surface area contributed by atoms with Crippen LogP contribution in [-0.2, 0) is 16.1 Å². The molecule has 1 N–H and O–H groups in total. The summed E-state index contributed by atoms with van der Waals surface area (Å²) in [6.45, 7) is 0.602. The molecule has 0 bridgehead atoms. The zero-order chi connectivity index (χ0) is 13.7. The highest BCUT2D eigenvalue weighted by Crippen LogP contribution is 2.24. The zero-order valence-corrected chi connectivity index (χ0v) is 10.7. The third-order valence-electron chi connectivity index (χ3n) is 3.32. The van der Waals surface area contributed by atoms with Crippen molar-refractivity contribution in [2.45, 2.75) is 31.8 Å². The SMILES string of the molecule is O=C(O)C=CC[C@@H]1CCC(=O)N1Cc1ccccc1. The molecule has 4 heteroatoms. The molecule has 1 aromatic rings. The Kier molecular flexibility index (Phi) is 4.34. The van der Waals surface area contributed by atoms with Gasteiger partial charge in [-0.2, -0.15) is 0 Å². The van der Waals surface area contributed by atoms with E-state index in [2.05, 4.69) is 0 Å². The van der Waals surface area contributed by atoms with E-state index in [-0.39, 0.29) is 11.9 Å². The van der Waals surface area contributed by atoms with Crippen molar-refractivity contribution in [1.29, 1.82) is 0 Å². The number of nitrogens with zero attached hydrogens (tertiary/aromatic N) is 1. The van der Waals surface area contributed by atoms with Gasteiger partial charge in [0.05, 0.1) is 0 Å². The third-order valence-corrected chi connectivity index (χ3v) is 3.32. The van der Waals surface area contributed by atoms with E-state index in [1.165, 1.54) is 0 Å². The molecule has 1 aliphatic rings. The van der Waals surface area contributed by atoms with Crippen LogP contribution < -0.4 is 0 Å². The molecule has 0 spiro atoms. The minimum absolute atomic E-state index is 0.114. The summed E-state index contributed by atoms with van der Waals surface area (Å²) in [5.74, 6) is -0.795. The van der Waals surface area contributed by atoms with Crippen molar-refractivity contribution in [3.8, 4) is 0 Å². The van der Waals surface area contributed by atoms with Crippen LogP contribution in [0.1, 0.15) is 24.8 Å². The standard InChI is InChI=1S/C15H17NO3/c17-14-10-9-13(7-4-8-15(18)19)16(14)11-12-5-2-1-3-6-12/h1-6,8,13H,7,9-11H2,(H,18,19)/t13-/m1/s1. The largest absolute Gasteiger partial charge is 0.478 e. The van der Waals surface area contributed by atoms with Gasteiger partial charge in [-0.05, 0) is 18.4 Å². The Bertz CT molecular complexity index is 481. The quantitative estimate of drug-likeness (QED) is 0.825. The number of rotatable bonds is 5. The van der Waals surface area contributed by atoms with Gasteiger partial charge in [-0.1, -0.05) is 36.4 Å². The third kappa shape index (κ3) is 3.68. The van der Waals surface area contributed by atoms with Gasteiger partial charge in [0.2, 0.25) is 5.91 Å². The zero-order valence-electron chi connectivity index (χ0n) is 10.7. The van der Waals surface area contributed by atoms with Gasteiger partial charge in [0.1, 0.15) is 0 Å². The maximum Gasteiger partial charge on any atom is 0.327 e. The lowest BCUT2D eigenvalue weighted by molar-refractivity contribution is -0.131. The lowest BCUT2D eigenvalue weighted by Crippen LogP contribution is -2.32. The number of carbonyl (C=O) groups is 2. The van der Waals surface area contributed by atoms with E-state index >= 15 is 0 Å². The van der Waals surface area contributed by atoms with E-state index < -0.39 is 5.97 Å². The molecule has 0 unspecified atom stereocenters. The minimum atomic E-state index is -0.945. The van der Waals surface area contributed by atoms with Crippen molar-refractivity contribution in [2.75, 3.05) is 0 Å². The number of aliphatic carboxylic acids is 1. The molecule has 100 valence electrons. The highest BCUT2D eigenvalue weighted by atomic mass is 16.4. The van der Waals surface area contributed by atoms with Gasteiger partial charge in [0, 0.05) is 25.1 Å². The molecule has 1 aromatic carbocycles. The predicted molar refractivity (Wildman–Crippen MR) is 71.4 cm³/mol. The van der Waals surface area contributed by atoms with Crippen LogP contribution in [-0.4, -0.2) is 27.9 Å². The van der Waals surface area contributed by atoms with Crippen molar-refractivity contribution >= 4 is 11.9 Å². The van der Waals surface area contributed by atoms with E-state index in [1.54, 1.807) is 6.08 Å². The normalized spacial score (nSPS) is 19.3. The summed E-state index contributed by atoms with van der Waals surface area (Å²) in [5.41, 5.74) is 1.10. The fourth-order valence-corrected chi connectivity index (χ4v) is 2.36. The van der Waals surface area contributed by atoms with Crippen molar-refractivity contribution in [1.82, 2.24) is 4.90 Å². The average Bonchev–Trinajstić information content (AvgIpc) is 2.72. The molecule has 1 aliphatic heterocycles. The van der Waals surface area contributed by atoms with Crippen molar-refractivity contribution in [3.05, 3.63) is 48.0 Å². The summed E-state index contributed by atoms with van der Waals surface area (Å²) in [6, 6.07) is 9.96. The second-order valence-electron chi connectivity index (χ2n) is 4.68. The van der Waals surface area contributed by atoms with Crippen LogP contribution in [0.25, 0.3) is 0 Å². The summed E-state index contributed by atoms with van der Waals surface area (Å²) in [5, 5.41) is 8.57. The van der Waals surface area contributed by atoms with E-state index in [0.717, 1.165) is 18.1 Å². The highest BCUT2D eigenvalue weighted by molar-refractivity contribution is 5.80. The number of carboxylic acids is 1. The van der Waals surface area contributed by atoms with E-state index in [4.69, 9.17) is 5.11 Å². The molecular formula is C15H17NO3. The Morgan fingerprint density at radius 1 is 1.37 bits per heavy atom. The summed E-state index contributed by atoms with van der Waals surface area (Å²) in [7, 11) is 0. The second kappa shape index (κ2) is 6.18. The summed E-state index contributed by atoms with van der Waals surface area (Å²) >= 11 is 0. The van der Waals surface area contributed by atoms with Crippen LogP contribution in [0.2, 0.25) is 0 Å². The topological polar surface area (TPSA) is 57.6 Å². The molecule has 2 rings (SSSR count). The van der Waals surface area contributed by atoms with E-state index in [9.17, 15) is 9.59 Å².